The topological polar surface area (TPSA) is 56.7 Å². The van der Waals surface area contributed by atoms with E-state index in [0.717, 1.165) is 61.3 Å². The van der Waals surface area contributed by atoms with Gasteiger partial charge in [0.05, 0.1) is 39.3 Å². The highest BCUT2D eigenvalue weighted by molar-refractivity contribution is 6.24. The van der Waals surface area contributed by atoms with Crippen LogP contribution in [0, 0.1) is 6.92 Å². The average Bonchev–Trinajstić information content (AvgIpc) is 1.50. The van der Waals surface area contributed by atoms with Gasteiger partial charge in [-0.3, -0.25) is 0 Å². The lowest BCUT2D eigenvalue weighted by atomic mass is 9.84. The number of rotatable bonds is 7. The van der Waals surface area contributed by atoms with Gasteiger partial charge in [-0.05, 0) is 78.2 Å². The smallest absolute Gasteiger partial charge is 0.172 e. The molecule has 84 heavy (non-hydrogen) atoms. The monoisotopic (exact) mass is 1070 g/mol. The maximum Gasteiger partial charge on any atom is 0.172 e. The summed E-state index contributed by atoms with van der Waals surface area (Å²) in [7, 11) is 0. The second-order valence-electron chi connectivity index (χ2n) is 22.7. The summed E-state index contributed by atoms with van der Waals surface area (Å²) in [5.41, 5.74) is 20.5. The molecule has 7 nitrogen and oxygen atoms in total. The van der Waals surface area contributed by atoms with Gasteiger partial charge in [0.15, 0.2) is 23.1 Å². The van der Waals surface area contributed by atoms with Crippen LogP contribution in [-0.2, 0) is 5.66 Å². The van der Waals surface area contributed by atoms with Gasteiger partial charge in [0.2, 0.25) is 0 Å². The highest BCUT2D eigenvalue weighted by Crippen LogP contribution is 2.65. The molecule has 0 spiro atoms. The van der Waals surface area contributed by atoms with Gasteiger partial charge in [-0.1, -0.05) is 230 Å². The van der Waals surface area contributed by atoms with Gasteiger partial charge in [0, 0.05) is 83.3 Å². The van der Waals surface area contributed by atoms with E-state index in [9.17, 15) is 0 Å². The molecule has 15 aromatic rings. The first-order valence-electron chi connectivity index (χ1n) is 29.0. The van der Waals surface area contributed by atoms with Gasteiger partial charge in [-0.15, -0.1) is 0 Å². The molecule has 0 bridgehead atoms. The molecule has 18 rings (SSSR count). The van der Waals surface area contributed by atoms with Crippen LogP contribution >= 0.6 is 0 Å². The number of nitrogens with zero attached hydrogens (tertiary/aromatic N) is 7. The van der Waals surface area contributed by atoms with Gasteiger partial charge in [-0.2, -0.15) is 0 Å². The first-order chi connectivity index (χ1) is 41.6. The molecule has 4 aromatic heterocycles. The fourth-order valence-electron chi connectivity index (χ4n) is 14.9. The number of benzene rings is 11. The summed E-state index contributed by atoms with van der Waals surface area (Å²) in [4.78, 5) is 19.0. The summed E-state index contributed by atoms with van der Waals surface area (Å²) < 4.78 is 7.88. The minimum absolute atomic E-state index is 0.0351. The molecule has 5 heterocycles. The van der Waals surface area contributed by atoms with Crippen molar-refractivity contribution in [2.45, 2.75) is 24.5 Å². The molecule has 11 aromatic carbocycles. The number of aromatic nitrogens is 6. The van der Waals surface area contributed by atoms with Crippen LogP contribution in [0.2, 0.25) is 0 Å². The minimum atomic E-state index is -1.12. The predicted molar refractivity (Wildman–Crippen MR) is 343 cm³/mol. The van der Waals surface area contributed by atoms with E-state index in [4.69, 9.17) is 15.0 Å². The normalized spacial score (nSPS) is 16.6. The fraction of sp³-hybridized carbons (Fsp3) is 0.0519. The van der Waals surface area contributed by atoms with Crippen molar-refractivity contribution < 1.29 is 0 Å². The van der Waals surface area contributed by atoms with E-state index >= 15 is 0 Å². The SMILES string of the molecule is Cc1ccc2c(c1)C(N1c3ccccc3C3C=Cc4c(n(-c5ccccc5)c5ccccc45)C31)(n1c3ccccc3c3ccc4c5ccccc5n(-c5ccccc5)c4c31)c1cc(-c3nc(-c4ccccc4)nc(-c4ccccc4)n3)ccc1-2. The van der Waals surface area contributed by atoms with Crippen molar-refractivity contribution in [3.05, 3.63) is 307 Å². The summed E-state index contributed by atoms with van der Waals surface area (Å²) in [6.45, 7) is 2.26. The Morgan fingerprint density at radius 1 is 0.393 bits per heavy atom. The van der Waals surface area contributed by atoms with Crippen molar-refractivity contribution in [3.63, 3.8) is 0 Å². The molecule has 3 aliphatic rings. The van der Waals surface area contributed by atoms with E-state index in [2.05, 4.69) is 268 Å². The lowest BCUT2D eigenvalue weighted by Gasteiger charge is -2.49. The second kappa shape index (κ2) is 17.8. The van der Waals surface area contributed by atoms with Crippen molar-refractivity contribution >= 4 is 66.3 Å². The van der Waals surface area contributed by atoms with E-state index in [-0.39, 0.29) is 12.0 Å². The standard InChI is InChI=1S/C77H51N7/c1-48-38-40-54-55-41-39-51(76-79-74(49-22-6-2-7-23-49)78-75(80-76)50-24-8-3-9-25-50)47-65(55)77(64(54)46-48,83-68-36-20-16-32-58(68)62-44-42-60-56-30-14-18-34-66(56)81(70(60)72(62)83)52-26-10-4-11-27-52)84-69-37-21-17-33-59(69)63-45-43-61-57-31-15-19-35-67(57)82(71(61)73(63)84)53-28-12-5-13-29-53/h2-47,62,72H,1H3. The van der Waals surface area contributed by atoms with Crippen LogP contribution in [0.1, 0.15) is 45.5 Å². The van der Waals surface area contributed by atoms with Crippen molar-refractivity contribution in [1.82, 2.24) is 28.7 Å². The van der Waals surface area contributed by atoms with E-state index in [1.807, 2.05) is 36.4 Å². The van der Waals surface area contributed by atoms with E-state index in [0.29, 0.717) is 17.5 Å². The lowest BCUT2D eigenvalue weighted by Crippen LogP contribution is -2.53. The predicted octanol–water partition coefficient (Wildman–Crippen LogP) is 18.4. The molecule has 394 valence electrons. The summed E-state index contributed by atoms with van der Waals surface area (Å²) >= 11 is 0. The first-order valence-corrected chi connectivity index (χ1v) is 29.0. The molecule has 0 saturated heterocycles. The number of anilines is 1. The van der Waals surface area contributed by atoms with Gasteiger partial charge in [0.1, 0.15) is 0 Å². The molecular formula is C77H51N7. The summed E-state index contributed by atoms with van der Waals surface area (Å²) in [6, 6.07) is 97.6. The Kier molecular flexibility index (Phi) is 9.92. The number of hydrogen-bond donors (Lipinski definition) is 0. The maximum absolute atomic E-state index is 5.45. The molecule has 7 heteroatoms. The first kappa shape index (κ1) is 46.8. The molecule has 0 N–H and O–H groups in total. The van der Waals surface area contributed by atoms with Crippen molar-refractivity contribution in [2.75, 3.05) is 4.90 Å². The molecule has 0 radical (unpaired) electrons. The van der Waals surface area contributed by atoms with E-state index in [1.165, 1.54) is 71.6 Å². The second-order valence-corrected chi connectivity index (χ2v) is 22.7. The molecule has 3 unspecified atom stereocenters. The molecule has 0 fully saturated rings. The third-order valence-electron chi connectivity index (χ3n) is 18.2. The Balaban J connectivity index is 1.05. The van der Waals surface area contributed by atoms with Gasteiger partial charge < -0.3 is 18.6 Å². The third kappa shape index (κ3) is 6.43. The van der Waals surface area contributed by atoms with Crippen LogP contribution in [0.4, 0.5) is 5.69 Å². The third-order valence-corrected chi connectivity index (χ3v) is 18.2. The van der Waals surface area contributed by atoms with E-state index < -0.39 is 5.66 Å². The van der Waals surface area contributed by atoms with Crippen LogP contribution < -0.4 is 4.90 Å². The Bertz CT molecular complexity index is 5170. The fourth-order valence-corrected chi connectivity index (χ4v) is 14.9. The highest BCUT2D eigenvalue weighted by Gasteiger charge is 2.59. The largest absolute Gasteiger partial charge is 0.331 e. The van der Waals surface area contributed by atoms with E-state index in [1.54, 1.807) is 0 Å². The quantitative estimate of drug-likeness (QED) is 0.160. The zero-order valence-electron chi connectivity index (χ0n) is 45.8. The maximum atomic E-state index is 5.45. The lowest BCUT2D eigenvalue weighted by molar-refractivity contribution is 0.386. The Morgan fingerprint density at radius 2 is 0.893 bits per heavy atom. The summed E-state index contributed by atoms with van der Waals surface area (Å²) in [5.74, 6) is 1.81. The zero-order chi connectivity index (χ0) is 55.2. The van der Waals surface area contributed by atoms with Crippen LogP contribution in [0.25, 0.3) is 117 Å². The molecule has 0 saturated carbocycles. The molecular weight excluding hydrogens is 1020 g/mol. The number of hydrogen-bond acceptors (Lipinski definition) is 4. The van der Waals surface area contributed by atoms with Crippen LogP contribution in [-0.4, -0.2) is 28.7 Å². The summed E-state index contributed by atoms with van der Waals surface area (Å²) in [6.07, 6.45) is 4.92. The Morgan fingerprint density at radius 3 is 1.56 bits per heavy atom. The number of para-hydroxylation sites is 6. The molecule has 1 aliphatic heterocycles. The Labute approximate surface area is 485 Å². The highest BCUT2D eigenvalue weighted by atomic mass is 15.4. The van der Waals surface area contributed by atoms with Crippen LogP contribution in [0.3, 0.4) is 0 Å². The van der Waals surface area contributed by atoms with Gasteiger partial charge in [-0.25, -0.2) is 15.0 Å². The zero-order valence-corrected chi connectivity index (χ0v) is 45.8. The molecule has 0 amide bonds. The van der Waals surface area contributed by atoms with Gasteiger partial charge >= 0.3 is 0 Å². The van der Waals surface area contributed by atoms with Crippen molar-refractivity contribution in [3.8, 4) is 56.7 Å². The van der Waals surface area contributed by atoms with Crippen molar-refractivity contribution in [1.29, 1.82) is 0 Å². The Hall–Kier alpha value is -10.9. The average molecular weight is 1070 g/mol. The minimum Gasteiger partial charge on any atom is -0.331 e. The summed E-state index contributed by atoms with van der Waals surface area (Å²) in [5, 5.41) is 5.98. The van der Waals surface area contributed by atoms with Crippen LogP contribution in [0.5, 0.6) is 0 Å². The van der Waals surface area contributed by atoms with Crippen LogP contribution in [0.15, 0.2) is 273 Å². The number of aryl methyl sites for hydroxylation is 1. The van der Waals surface area contributed by atoms with Gasteiger partial charge in [0.25, 0.3) is 0 Å². The molecule has 3 atom stereocenters. The van der Waals surface area contributed by atoms with Crippen molar-refractivity contribution in [2.24, 2.45) is 0 Å². The molecule has 2 aliphatic carbocycles. The number of fused-ring (bicyclic) bond motifs is 17.